The van der Waals surface area contributed by atoms with Gasteiger partial charge in [-0.15, -0.1) is 11.3 Å². The molecule has 1 heterocycles. The highest BCUT2D eigenvalue weighted by molar-refractivity contribution is 7.11. The van der Waals surface area contributed by atoms with Gasteiger partial charge >= 0.3 is 0 Å². The molecule has 1 N–H and O–H groups in total. The molecule has 1 aromatic rings. The highest BCUT2D eigenvalue weighted by Crippen LogP contribution is 2.22. The third kappa shape index (κ3) is 4.14. The zero-order valence-corrected chi connectivity index (χ0v) is 10.8. The predicted molar refractivity (Wildman–Crippen MR) is 67.3 cm³/mol. The van der Waals surface area contributed by atoms with E-state index in [4.69, 9.17) is 0 Å². The molecule has 0 saturated heterocycles. The molecule has 2 nitrogen and oxygen atoms in total. The summed E-state index contributed by atoms with van der Waals surface area (Å²) in [6.45, 7) is 9.55. The van der Waals surface area contributed by atoms with Crippen molar-refractivity contribution in [3.8, 4) is 0 Å². The first kappa shape index (κ1) is 12.4. The van der Waals surface area contributed by atoms with Crippen molar-refractivity contribution >= 4 is 11.3 Å². The first-order valence-corrected chi connectivity index (χ1v) is 6.26. The number of nitrogens with zero attached hydrogens (tertiary/aromatic N) is 1. The van der Waals surface area contributed by atoms with Crippen LogP contribution in [0.25, 0.3) is 0 Å². The monoisotopic (exact) mass is 224 g/mol. The second kappa shape index (κ2) is 6.03. The zero-order chi connectivity index (χ0) is 11.3. The first-order valence-electron chi connectivity index (χ1n) is 5.44. The molecule has 0 aliphatic heterocycles. The Hall–Kier alpha value is -0.670. The molecule has 0 saturated carbocycles. The lowest BCUT2D eigenvalue weighted by Crippen LogP contribution is -2.19. The van der Waals surface area contributed by atoms with Crippen LogP contribution < -0.4 is 5.32 Å². The molecule has 0 bridgehead atoms. The van der Waals surface area contributed by atoms with Crippen LogP contribution in [0.1, 0.15) is 43.1 Å². The molecule has 0 aromatic carbocycles. The number of rotatable bonds is 5. The molecule has 1 unspecified atom stereocenters. The van der Waals surface area contributed by atoms with Crippen molar-refractivity contribution in [1.29, 1.82) is 0 Å². The zero-order valence-electron chi connectivity index (χ0n) is 10.0. The van der Waals surface area contributed by atoms with Crippen LogP contribution in [0.15, 0.2) is 17.8 Å². The van der Waals surface area contributed by atoms with Gasteiger partial charge in [0.25, 0.3) is 0 Å². The topological polar surface area (TPSA) is 24.9 Å². The van der Waals surface area contributed by atoms with Crippen molar-refractivity contribution < 1.29 is 0 Å². The summed E-state index contributed by atoms with van der Waals surface area (Å²) < 4.78 is 0. The Morgan fingerprint density at radius 1 is 1.60 bits per heavy atom. The summed E-state index contributed by atoms with van der Waals surface area (Å²) in [5.74, 6) is 0. The van der Waals surface area contributed by atoms with Gasteiger partial charge in [0.05, 0.1) is 11.0 Å². The van der Waals surface area contributed by atoms with Crippen LogP contribution in [-0.4, -0.2) is 11.5 Å². The van der Waals surface area contributed by atoms with Gasteiger partial charge in [-0.2, -0.15) is 0 Å². The van der Waals surface area contributed by atoms with Gasteiger partial charge in [0.15, 0.2) is 0 Å². The summed E-state index contributed by atoms with van der Waals surface area (Å²) in [5, 5.41) is 4.66. The normalized spacial score (nSPS) is 12.5. The number of nitrogens with one attached hydrogen (secondary N) is 1. The van der Waals surface area contributed by atoms with E-state index < -0.39 is 0 Å². The van der Waals surface area contributed by atoms with Crippen LogP contribution in [0, 0.1) is 6.92 Å². The molecule has 0 aliphatic rings. The Labute approximate surface area is 96.4 Å². The Bertz CT molecular complexity index is 324. The minimum atomic E-state index is 0.334. The molecule has 0 spiro atoms. The van der Waals surface area contributed by atoms with Crippen molar-refractivity contribution in [2.24, 2.45) is 0 Å². The molecule has 3 heteroatoms. The lowest BCUT2D eigenvalue weighted by atomic mass is 10.2. The summed E-state index contributed by atoms with van der Waals surface area (Å²) in [5.41, 5.74) is 1.34. The maximum absolute atomic E-state index is 4.30. The smallest absolute Gasteiger partial charge is 0.0897 e. The Morgan fingerprint density at radius 2 is 2.33 bits per heavy atom. The van der Waals surface area contributed by atoms with E-state index in [1.54, 1.807) is 11.3 Å². The van der Waals surface area contributed by atoms with E-state index in [0.29, 0.717) is 6.04 Å². The third-order valence-electron chi connectivity index (χ3n) is 2.06. The van der Waals surface area contributed by atoms with Crippen LogP contribution in [-0.2, 0) is 0 Å². The fourth-order valence-electron chi connectivity index (χ4n) is 1.40. The van der Waals surface area contributed by atoms with Gasteiger partial charge in [-0.3, -0.25) is 0 Å². The second-order valence-electron chi connectivity index (χ2n) is 3.96. The van der Waals surface area contributed by atoms with E-state index in [1.165, 1.54) is 10.5 Å². The number of hydrogen-bond donors (Lipinski definition) is 1. The number of thiazole rings is 1. The number of hydrogen-bond acceptors (Lipinski definition) is 3. The van der Waals surface area contributed by atoms with Crippen LogP contribution in [0.2, 0.25) is 0 Å². The van der Waals surface area contributed by atoms with Crippen molar-refractivity contribution in [1.82, 2.24) is 10.3 Å². The maximum atomic E-state index is 4.30. The van der Waals surface area contributed by atoms with Crippen LogP contribution >= 0.6 is 11.3 Å². The van der Waals surface area contributed by atoms with Gasteiger partial charge < -0.3 is 5.32 Å². The average Bonchev–Trinajstić information content (AvgIpc) is 2.58. The second-order valence-corrected chi connectivity index (χ2v) is 5.22. The molecule has 0 amide bonds. The molecular weight excluding hydrogens is 204 g/mol. The molecule has 84 valence electrons. The van der Waals surface area contributed by atoms with Crippen molar-refractivity contribution in [2.75, 3.05) is 6.54 Å². The Morgan fingerprint density at radius 3 is 2.80 bits per heavy atom. The molecule has 0 radical (unpaired) electrons. The van der Waals surface area contributed by atoms with Gasteiger partial charge in [-0.25, -0.2) is 4.98 Å². The lowest BCUT2D eigenvalue weighted by molar-refractivity contribution is 0.616. The summed E-state index contributed by atoms with van der Waals surface area (Å²) >= 11 is 1.77. The minimum Gasteiger partial charge on any atom is -0.306 e. The van der Waals surface area contributed by atoms with E-state index >= 15 is 0 Å². The summed E-state index contributed by atoms with van der Waals surface area (Å²) in [6, 6.07) is 0.334. The molecule has 1 aromatic heterocycles. The summed E-state index contributed by atoms with van der Waals surface area (Å²) in [6.07, 6.45) is 5.40. The standard InChI is InChI=1S/C12H20N2S/c1-5-6-13-11(7-9(2)3)12-8-14-10(4)15-12/h7-8,11,13H,5-6H2,1-4H3. The van der Waals surface area contributed by atoms with Crippen LogP contribution in [0.3, 0.4) is 0 Å². The Balaban J connectivity index is 2.76. The first-order chi connectivity index (χ1) is 7.13. The average molecular weight is 224 g/mol. The predicted octanol–water partition coefficient (Wildman–Crippen LogP) is 3.46. The summed E-state index contributed by atoms with van der Waals surface area (Å²) in [7, 11) is 0. The van der Waals surface area contributed by atoms with E-state index in [-0.39, 0.29) is 0 Å². The fraction of sp³-hybridized carbons (Fsp3) is 0.583. The van der Waals surface area contributed by atoms with E-state index in [1.807, 2.05) is 13.1 Å². The highest BCUT2D eigenvalue weighted by Gasteiger charge is 2.09. The van der Waals surface area contributed by atoms with E-state index in [9.17, 15) is 0 Å². The lowest BCUT2D eigenvalue weighted by Gasteiger charge is -2.12. The van der Waals surface area contributed by atoms with E-state index in [2.05, 4.69) is 37.1 Å². The molecule has 1 atom stereocenters. The van der Waals surface area contributed by atoms with Gasteiger partial charge in [-0.05, 0) is 33.7 Å². The van der Waals surface area contributed by atoms with Crippen LogP contribution in [0.4, 0.5) is 0 Å². The molecular formula is C12H20N2S. The number of aromatic nitrogens is 1. The number of allylic oxidation sites excluding steroid dienone is 1. The summed E-state index contributed by atoms with van der Waals surface area (Å²) in [4.78, 5) is 5.61. The third-order valence-corrected chi connectivity index (χ3v) is 3.06. The van der Waals surface area contributed by atoms with Crippen molar-refractivity contribution in [2.45, 2.75) is 40.2 Å². The number of aryl methyl sites for hydroxylation is 1. The quantitative estimate of drug-likeness (QED) is 0.775. The van der Waals surface area contributed by atoms with Crippen molar-refractivity contribution in [3.63, 3.8) is 0 Å². The minimum absolute atomic E-state index is 0.334. The highest BCUT2D eigenvalue weighted by atomic mass is 32.1. The van der Waals surface area contributed by atoms with Gasteiger partial charge in [0.2, 0.25) is 0 Å². The largest absolute Gasteiger partial charge is 0.306 e. The molecule has 15 heavy (non-hydrogen) atoms. The van der Waals surface area contributed by atoms with Crippen LogP contribution in [0.5, 0.6) is 0 Å². The SMILES string of the molecule is CCCNC(C=C(C)C)c1cnc(C)s1. The molecule has 1 rings (SSSR count). The molecule has 0 aliphatic carbocycles. The van der Waals surface area contributed by atoms with Gasteiger partial charge in [0, 0.05) is 11.1 Å². The molecule has 0 fully saturated rings. The van der Waals surface area contributed by atoms with Gasteiger partial charge in [0.1, 0.15) is 0 Å². The fourth-order valence-corrected chi connectivity index (χ4v) is 2.23. The Kier molecular flexibility index (Phi) is 4.99. The van der Waals surface area contributed by atoms with Crippen molar-refractivity contribution in [3.05, 3.63) is 27.7 Å². The maximum Gasteiger partial charge on any atom is 0.0897 e. The van der Waals surface area contributed by atoms with E-state index in [0.717, 1.165) is 18.0 Å². The van der Waals surface area contributed by atoms with Gasteiger partial charge in [-0.1, -0.05) is 18.6 Å².